The molecule has 0 spiro atoms. The zero-order chi connectivity index (χ0) is 25.6. The topological polar surface area (TPSA) is 69.0 Å². The van der Waals surface area contributed by atoms with Crippen LogP contribution in [0.2, 0.25) is 0 Å². The minimum atomic E-state index is -0.178. The van der Waals surface area contributed by atoms with E-state index in [1.165, 1.54) is 0 Å². The maximum Gasteiger partial charge on any atom is 0.259 e. The van der Waals surface area contributed by atoms with E-state index in [1.807, 2.05) is 102 Å². The lowest BCUT2D eigenvalue weighted by atomic mass is 10.1. The lowest BCUT2D eigenvalue weighted by Gasteiger charge is -2.11. The zero-order valence-electron chi connectivity index (χ0n) is 20.9. The first-order valence-corrected chi connectivity index (χ1v) is 12.3. The SMILES string of the molecule is CCCc1c(C(=O)Nc2cccc(-c3cccc(-c4ccc(OC)cc4)n3)c2)cnn1-c1ccccc1. The summed E-state index contributed by atoms with van der Waals surface area (Å²) in [4.78, 5) is 18.2. The summed E-state index contributed by atoms with van der Waals surface area (Å²) in [6.45, 7) is 2.10. The Labute approximate surface area is 216 Å². The van der Waals surface area contributed by atoms with Crippen molar-refractivity contribution < 1.29 is 9.53 Å². The van der Waals surface area contributed by atoms with Crippen molar-refractivity contribution in [1.29, 1.82) is 0 Å². The Morgan fingerprint density at radius 2 is 1.59 bits per heavy atom. The van der Waals surface area contributed by atoms with E-state index in [-0.39, 0.29) is 5.91 Å². The lowest BCUT2D eigenvalue weighted by Crippen LogP contribution is -2.14. The summed E-state index contributed by atoms with van der Waals surface area (Å²) in [5.74, 6) is 0.627. The van der Waals surface area contributed by atoms with E-state index in [1.54, 1.807) is 13.3 Å². The van der Waals surface area contributed by atoms with Crippen molar-refractivity contribution in [2.45, 2.75) is 19.8 Å². The molecule has 6 nitrogen and oxygen atoms in total. The number of carbonyl (C=O) groups is 1. The number of nitrogens with one attached hydrogen (secondary N) is 1. The van der Waals surface area contributed by atoms with Crippen LogP contribution in [0.4, 0.5) is 5.69 Å². The van der Waals surface area contributed by atoms with Crippen molar-refractivity contribution >= 4 is 11.6 Å². The van der Waals surface area contributed by atoms with Crippen LogP contribution in [-0.2, 0) is 6.42 Å². The van der Waals surface area contributed by atoms with E-state index in [4.69, 9.17) is 9.72 Å². The van der Waals surface area contributed by atoms with Gasteiger partial charge in [-0.3, -0.25) is 4.79 Å². The third-order valence-corrected chi connectivity index (χ3v) is 6.15. The lowest BCUT2D eigenvalue weighted by molar-refractivity contribution is 0.102. The highest BCUT2D eigenvalue weighted by Gasteiger charge is 2.18. The molecular formula is C31H28N4O2. The summed E-state index contributed by atoms with van der Waals surface area (Å²) in [5, 5.41) is 7.58. The molecule has 2 aromatic heterocycles. The molecule has 6 heteroatoms. The molecule has 3 aromatic carbocycles. The number of para-hydroxylation sites is 1. The van der Waals surface area contributed by atoms with Crippen molar-refractivity contribution in [1.82, 2.24) is 14.8 Å². The molecule has 0 unspecified atom stereocenters. The van der Waals surface area contributed by atoms with E-state index >= 15 is 0 Å². The Morgan fingerprint density at radius 1 is 0.865 bits per heavy atom. The van der Waals surface area contributed by atoms with Crippen LogP contribution in [0.1, 0.15) is 29.4 Å². The summed E-state index contributed by atoms with van der Waals surface area (Å²) in [6.07, 6.45) is 3.31. The number of methoxy groups -OCH3 is 1. The molecule has 0 bridgehead atoms. The number of benzene rings is 3. The second kappa shape index (κ2) is 10.9. The van der Waals surface area contributed by atoms with Crippen LogP contribution in [0.15, 0.2) is 103 Å². The molecule has 1 amide bonds. The second-order valence-electron chi connectivity index (χ2n) is 8.67. The smallest absolute Gasteiger partial charge is 0.259 e. The normalized spacial score (nSPS) is 10.8. The number of carbonyl (C=O) groups excluding carboxylic acids is 1. The van der Waals surface area contributed by atoms with Gasteiger partial charge in [0.05, 0.1) is 41.6 Å². The molecule has 0 atom stereocenters. The summed E-state index contributed by atoms with van der Waals surface area (Å²) < 4.78 is 7.11. The van der Waals surface area contributed by atoms with Gasteiger partial charge in [-0.2, -0.15) is 5.10 Å². The fraction of sp³-hybridized carbons (Fsp3) is 0.129. The van der Waals surface area contributed by atoms with Crippen LogP contribution >= 0.6 is 0 Å². The van der Waals surface area contributed by atoms with Crippen molar-refractivity contribution in [3.05, 3.63) is 115 Å². The molecule has 5 rings (SSSR count). The van der Waals surface area contributed by atoms with Crippen molar-refractivity contribution in [2.24, 2.45) is 0 Å². The summed E-state index contributed by atoms with van der Waals surface area (Å²) in [6, 6.07) is 31.4. The number of nitrogens with zero attached hydrogens (tertiary/aromatic N) is 3. The molecule has 1 N–H and O–H groups in total. The third-order valence-electron chi connectivity index (χ3n) is 6.15. The van der Waals surface area contributed by atoms with E-state index < -0.39 is 0 Å². The Kier molecular flexibility index (Phi) is 7.08. The molecule has 0 radical (unpaired) electrons. The number of aromatic nitrogens is 3. The highest BCUT2D eigenvalue weighted by atomic mass is 16.5. The quantitative estimate of drug-likeness (QED) is 0.260. The summed E-state index contributed by atoms with van der Waals surface area (Å²) in [5.41, 5.74) is 6.74. The minimum absolute atomic E-state index is 0.178. The number of pyridine rings is 1. The highest BCUT2D eigenvalue weighted by Crippen LogP contribution is 2.26. The largest absolute Gasteiger partial charge is 0.497 e. The van der Waals surface area contributed by atoms with Crippen molar-refractivity contribution in [3.63, 3.8) is 0 Å². The van der Waals surface area contributed by atoms with Gasteiger partial charge in [0.25, 0.3) is 5.91 Å². The number of hydrogen-bond donors (Lipinski definition) is 1. The van der Waals surface area contributed by atoms with Crippen LogP contribution in [0.25, 0.3) is 28.2 Å². The maximum atomic E-state index is 13.3. The molecule has 0 saturated carbocycles. The number of hydrogen-bond acceptors (Lipinski definition) is 4. The molecule has 0 saturated heterocycles. The van der Waals surface area contributed by atoms with E-state index in [9.17, 15) is 4.79 Å². The van der Waals surface area contributed by atoms with Crippen molar-refractivity contribution in [2.75, 3.05) is 12.4 Å². The summed E-state index contributed by atoms with van der Waals surface area (Å²) in [7, 11) is 1.65. The average molecular weight is 489 g/mol. The highest BCUT2D eigenvalue weighted by molar-refractivity contribution is 6.05. The molecule has 0 aliphatic carbocycles. The monoisotopic (exact) mass is 488 g/mol. The van der Waals surface area contributed by atoms with Gasteiger partial charge < -0.3 is 10.1 Å². The third kappa shape index (κ3) is 5.28. The Hall–Kier alpha value is -4.71. The predicted octanol–water partition coefficient (Wildman–Crippen LogP) is 6.81. The van der Waals surface area contributed by atoms with Gasteiger partial charge in [0.2, 0.25) is 0 Å². The van der Waals surface area contributed by atoms with Gasteiger partial charge >= 0.3 is 0 Å². The molecule has 0 fully saturated rings. The van der Waals surface area contributed by atoms with Gasteiger partial charge in [-0.25, -0.2) is 9.67 Å². The standard InChI is InChI=1S/C31H28N4O2/c1-3-9-30-27(21-32-35(30)25-12-5-4-6-13-25)31(36)33-24-11-7-10-23(20-24)29-15-8-14-28(34-29)22-16-18-26(37-2)19-17-22/h4-8,10-21H,3,9H2,1-2H3,(H,33,36). The van der Waals surface area contributed by atoms with Gasteiger partial charge in [0, 0.05) is 16.8 Å². The van der Waals surface area contributed by atoms with E-state index in [2.05, 4.69) is 17.3 Å². The average Bonchev–Trinajstić information content (AvgIpc) is 3.38. The van der Waals surface area contributed by atoms with Gasteiger partial charge in [0.15, 0.2) is 0 Å². The van der Waals surface area contributed by atoms with Gasteiger partial charge in [0.1, 0.15) is 5.75 Å². The molecule has 5 aromatic rings. The predicted molar refractivity (Wildman–Crippen MR) is 147 cm³/mol. The Bertz CT molecular complexity index is 1510. The van der Waals surface area contributed by atoms with Crippen LogP contribution in [0, 0.1) is 0 Å². The molecule has 184 valence electrons. The maximum absolute atomic E-state index is 13.3. The van der Waals surface area contributed by atoms with Gasteiger partial charge in [-0.15, -0.1) is 0 Å². The number of ether oxygens (including phenoxy) is 1. The number of amides is 1. The second-order valence-corrected chi connectivity index (χ2v) is 8.67. The van der Waals surface area contributed by atoms with Crippen LogP contribution < -0.4 is 10.1 Å². The summed E-state index contributed by atoms with van der Waals surface area (Å²) >= 11 is 0. The number of rotatable bonds is 8. The van der Waals surface area contributed by atoms with Crippen LogP contribution in [-0.4, -0.2) is 27.8 Å². The Balaban J connectivity index is 1.39. The van der Waals surface area contributed by atoms with Crippen molar-refractivity contribution in [3.8, 4) is 34.0 Å². The minimum Gasteiger partial charge on any atom is -0.497 e. The van der Waals surface area contributed by atoms with Gasteiger partial charge in [-0.05, 0) is 67.1 Å². The first-order chi connectivity index (χ1) is 18.2. The van der Waals surface area contributed by atoms with Gasteiger partial charge in [-0.1, -0.05) is 49.7 Å². The first kappa shape index (κ1) is 24.0. The van der Waals surface area contributed by atoms with E-state index in [0.717, 1.165) is 52.5 Å². The fourth-order valence-corrected chi connectivity index (χ4v) is 4.31. The molecule has 0 aliphatic heterocycles. The first-order valence-electron chi connectivity index (χ1n) is 12.3. The molecule has 2 heterocycles. The number of anilines is 1. The molecule has 0 aliphatic rings. The molecule has 37 heavy (non-hydrogen) atoms. The fourth-order valence-electron chi connectivity index (χ4n) is 4.31. The van der Waals surface area contributed by atoms with Crippen LogP contribution in [0.3, 0.4) is 0 Å². The van der Waals surface area contributed by atoms with Crippen LogP contribution in [0.5, 0.6) is 5.75 Å². The Morgan fingerprint density at radius 3 is 2.32 bits per heavy atom. The van der Waals surface area contributed by atoms with E-state index in [0.29, 0.717) is 11.3 Å². The zero-order valence-corrected chi connectivity index (χ0v) is 20.9. The molecular weight excluding hydrogens is 460 g/mol.